The van der Waals surface area contributed by atoms with Gasteiger partial charge in [0.05, 0.1) is 12.3 Å². The highest BCUT2D eigenvalue weighted by molar-refractivity contribution is 5.88. The number of hydrogen-bond donors (Lipinski definition) is 0. The monoisotopic (exact) mass is 360 g/mol. The standard InChI is InChI=1S/C20H25FN2O3/c21-15-4-6-16(7-5-15)22-10-12-23(13-11-22)19(25)17-14-18(24)26-20(17)8-2-1-3-9-20/h4-7,17H,1-3,8-14H2/t17-/m0/s1. The maximum absolute atomic E-state index is 13.1. The first-order chi connectivity index (χ1) is 12.6. The molecule has 0 radical (unpaired) electrons. The number of ether oxygens (including phenoxy) is 1. The van der Waals surface area contributed by atoms with Gasteiger partial charge in [0.1, 0.15) is 11.4 Å². The summed E-state index contributed by atoms with van der Waals surface area (Å²) in [6.07, 6.45) is 5.04. The molecule has 1 spiro atoms. The van der Waals surface area contributed by atoms with Gasteiger partial charge in [0, 0.05) is 31.9 Å². The number of carbonyl (C=O) groups is 2. The van der Waals surface area contributed by atoms with Crippen molar-refractivity contribution in [3.63, 3.8) is 0 Å². The Labute approximate surface area is 153 Å². The van der Waals surface area contributed by atoms with Crippen LogP contribution in [-0.2, 0) is 14.3 Å². The molecule has 2 heterocycles. The second-order valence-corrected chi connectivity index (χ2v) is 7.64. The molecule has 3 fully saturated rings. The predicted octanol–water partition coefficient (Wildman–Crippen LogP) is 2.74. The summed E-state index contributed by atoms with van der Waals surface area (Å²) in [5.74, 6) is -0.731. The molecule has 0 N–H and O–H groups in total. The minimum absolute atomic E-state index is 0.0662. The van der Waals surface area contributed by atoms with E-state index in [4.69, 9.17) is 4.74 Å². The summed E-state index contributed by atoms with van der Waals surface area (Å²) in [5, 5.41) is 0. The van der Waals surface area contributed by atoms with Crippen LogP contribution in [0.25, 0.3) is 0 Å². The Hall–Kier alpha value is -2.11. The van der Waals surface area contributed by atoms with Gasteiger partial charge in [0.25, 0.3) is 0 Å². The minimum atomic E-state index is -0.555. The van der Waals surface area contributed by atoms with E-state index in [2.05, 4.69) is 4.90 Å². The topological polar surface area (TPSA) is 49.9 Å². The minimum Gasteiger partial charge on any atom is -0.458 e. The molecule has 5 nitrogen and oxygen atoms in total. The van der Waals surface area contributed by atoms with Gasteiger partial charge in [-0.1, -0.05) is 6.42 Å². The smallest absolute Gasteiger partial charge is 0.307 e. The number of hydrogen-bond acceptors (Lipinski definition) is 4. The molecule has 6 heteroatoms. The van der Waals surface area contributed by atoms with E-state index >= 15 is 0 Å². The van der Waals surface area contributed by atoms with Gasteiger partial charge >= 0.3 is 5.97 Å². The van der Waals surface area contributed by atoms with Crippen molar-refractivity contribution in [3.8, 4) is 0 Å². The SMILES string of the molecule is O=C1C[C@@H](C(=O)N2CCN(c3ccc(F)cc3)CC2)C2(CCCCC2)O1. The molecule has 140 valence electrons. The molecular formula is C20H25FN2O3. The normalized spacial score (nSPS) is 25.4. The largest absolute Gasteiger partial charge is 0.458 e. The Morgan fingerprint density at radius 1 is 1.04 bits per heavy atom. The average molecular weight is 360 g/mol. The van der Waals surface area contributed by atoms with E-state index in [0.29, 0.717) is 26.2 Å². The van der Waals surface area contributed by atoms with E-state index in [1.165, 1.54) is 12.1 Å². The molecule has 26 heavy (non-hydrogen) atoms. The van der Waals surface area contributed by atoms with Crippen LogP contribution in [0.4, 0.5) is 10.1 Å². The lowest BCUT2D eigenvalue weighted by atomic mass is 9.75. The summed E-state index contributed by atoms with van der Waals surface area (Å²) in [6.45, 7) is 2.67. The van der Waals surface area contributed by atoms with Crippen molar-refractivity contribution in [3.05, 3.63) is 30.1 Å². The quantitative estimate of drug-likeness (QED) is 0.761. The van der Waals surface area contributed by atoms with Gasteiger partial charge in [-0.25, -0.2) is 4.39 Å². The van der Waals surface area contributed by atoms with E-state index in [0.717, 1.165) is 37.8 Å². The first-order valence-corrected chi connectivity index (χ1v) is 9.59. The molecule has 3 aliphatic rings. The number of rotatable bonds is 2. The molecule has 0 aromatic heterocycles. The zero-order valence-electron chi connectivity index (χ0n) is 15.0. The average Bonchev–Trinajstić information content (AvgIpc) is 2.98. The molecule has 1 saturated carbocycles. The lowest BCUT2D eigenvalue weighted by molar-refractivity contribution is -0.155. The van der Waals surface area contributed by atoms with Gasteiger partial charge in [-0.15, -0.1) is 0 Å². The maximum atomic E-state index is 13.1. The fourth-order valence-corrected chi connectivity index (χ4v) is 4.66. The van der Waals surface area contributed by atoms with Crippen LogP contribution in [-0.4, -0.2) is 48.6 Å². The van der Waals surface area contributed by atoms with Crippen molar-refractivity contribution in [2.24, 2.45) is 5.92 Å². The van der Waals surface area contributed by atoms with Crippen molar-refractivity contribution >= 4 is 17.6 Å². The summed E-state index contributed by atoms with van der Waals surface area (Å²) in [6, 6.07) is 6.46. The van der Waals surface area contributed by atoms with Gasteiger partial charge in [-0.05, 0) is 49.9 Å². The highest BCUT2D eigenvalue weighted by Gasteiger charge is 2.53. The van der Waals surface area contributed by atoms with Crippen molar-refractivity contribution in [2.75, 3.05) is 31.1 Å². The Balaban J connectivity index is 1.41. The van der Waals surface area contributed by atoms with Crippen molar-refractivity contribution in [1.29, 1.82) is 0 Å². The number of nitrogens with zero attached hydrogens (tertiary/aromatic N) is 2. The van der Waals surface area contributed by atoms with Crippen LogP contribution in [0.2, 0.25) is 0 Å². The second-order valence-electron chi connectivity index (χ2n) is 7.64. The third-order valence-corrected chi connectivity index (χ3v) is 6.10. The van der Waals surface area contributed by atoms with Crippen LogP contribution >= 0.6 is 0 Å². The first kappa shape index (κ1) is 17.3. The number of esters is 1. The van der Waals surface area contributed by atoms with E-state index in [9.17, 15) is 14.0 Å². The number of benzene rings is 1. The van der Waals surface area contributed by atoms with Crippen molar-refractivity contribution in [1.82, 2.24) is 4.90 Å². The zero-order valence-corrected chi connectivity index (χ0v) is 15.0. The van der Waals surface area contributed by atoms with Crippen molar-refractivity contribution in [2.45, 2.75) is 44.1 Å². The molecule has 1 amide bonds. The fourth-order valence-electron chi connectivity index (χ4n) is 4.66. The lowest BCUT2D eigenvalue weighted by Crippen LogP contribution is -2.53. The predicted molar refractivity (Wildman–Crippen MR) is 95.2 cm³/mol. The lowest BCUT2D eigenvalue weighted by Gasteiger charge is -2.41. The van der Waals surface area contributed by atoms with Crippen LogP contribution in [0.1, 0.15) is 38.5 Å². The van der Waals surface area contributed by atoms with Gasteiger partial charge in [-0.3, -0.25) is 9.59 Å². The first-order valence-electron chi connectivity index (χ1n) is 9.59. The molecule has 2 aliphatic heterocycles. The molecular weight excluding hydrogens is 335 g/mol. The van der Waals surface area contributed by atoms with Crippen LogP contribution in [0.15, 0.2) is 24.3 Å². The Bertz CT molecular complexity index is 677. The molecule has 0 bridgehead atoms. The molecule has 4 rings (SSSR count). The van der Waals surface area contributed by atoms with Crippen LogP contribution in [0.3, 0.4) is 0 Å². The molecule has 0 unspecified atom stereocenters. The van der Waals surface area contributed by atoms with Crippen LogP contribution in [0.5, 0.6) is 0 Å². The number of halogens is 1. The summed E-state index contributed by atoms with van der Waals surface area (Å²) in [5.41, 5.74) is 0.419. The number of amides is 1. The zero-order chi connectivity index (χ0) is 18.1. The Morgan fingerprint density at radius 3 is 2.35 bits per heavy atom. The summed E-state index contributed by atoms with van der Waals surface area (Å²) >= 11 is 0. The van der Waals surface area contributed by atoms with Gasteiger partial charge in [0.15, 0.2) is 0 Å². The fraction of sp³-hybridized carbons (Fsp3) is 0.600. The van der Waals surface area contributed by atoms with E-state index in [-0.39, 0.29) is 30.0 Å². The van der Waals surface area contributed by atoms with Gasteiger partial charge in [-0.2, -0.15) is 0 Å². The van der Waals surface area contributed by atoms with E-state index in [1.54, 1.807) is 12.1 Å². The maximum Gasteiger partial charge on any atom is 0.307 e. The summed E-state index contributed by atoms with van der Waals surface area (Å²) in [7, 11) is 0. The molecule has 1 atom stereocenters. The highest BCUT2D eigenvalue weighted by atomic mass is 19.1. The second kappa shape index (κ2) is 6.89. The third kappa shape index (κ3) is 3.17. The van der Waals surface area contributed by atoms with Gasteiger partial charge in [0.2, 0.25) is 5.91 Å². The number of anilines is 1. The molecule has 1 aromatic rings. The van der Waals surface area contributed by atoms with Crippen LogP contribution < -0.4 is 4.90 Å². The number of carbonyl (C=O) groups excluding carboxylic acids is 2. The summed E-state index contributed by atoms with van der Waals surface area (Å²) in [4.78, 5) is 29.1. The van der Waals surface area contributed by atoms with Crippen LogP contribution in [0, 0.1) is 11.7 Å². The summed E-state index contributed by atoms with van der Waals surface area (Å²) < 4.78 is 18.8. The molecule has 1 aromatic carbocycles. The third-order valence-electron chi connectivity index (χ3n) is 6.10. The highest BCUT2D eigenvalue weighted by Crippen LogP contribution is 2.45. The van der Waals surface area contributed by atoms with E-state index in [1.807, 2.05) is 4.90 Å². The van der Waals surface area contributed by atoms with Gasteiger partial charge < -0.3 is 14.5 Å². The molecule has 2 saturated heterocycles. The van der Waals surface area contributed by atoms with E-state index < -0.39 is 5.60 Å². The Kier molecular flexibility index (Phi) is 4.59. The Morgan fingerprint density at radius 2 is 1.69 bits per heavy atom. The molecule has 1 aliphatic carbocycles. The van der Waals surface area contributed by atoms with Crippen molar-refractivity contribution < 1.29 is 18.7 Å². The number of piperazine rings is 1.